The van der Waals surface area contributed by atoms with Gasteiger partial charge in [0.1, 0.15) is 0 Å². The number of amides is 3. The standard InChI is InChI=1S/C13H15N5O3S/c1-3-6-14-12(20)15-10(19)8-22-13-17-16-11(18(13)2)9-5-4-7-21-9/h3-5,7H,1,6,8H2,2H3,(H2,14,15,19,20). The van der Waals surface area contributed by atoms with Crippen molar-refractivity contribution in [2.24, 2.45) is 7.05 Å². The van der Waals surface area contributed by atoms with Crippen LogP contribution in [-0.2, 0) is 11.8 Å². The predicted molar refractivity (Wildman–Crippen MR) is 81.2 cm³/mol. The fourth-order valence-electron chi connectivity index (χ4n) is 1.56. The largest absolute Gasteiger partial charge is 0.461 e. The lowest BCUT2D eigenvalue weighted by atomic mass is 10.4. The molecule has 0 unspecified atom stereocenters. The Morgan fingerprint density at radius 2 is 2.32 bits per heavy atom. The highest BCUT2D eigenvalue weighted by Crippen LogP contribution is 2.22. The molecule has 0 atom stereocenters. The zero-order valence-electron chi connectivity index (χ0n) is 11.9. The first-order valence-electron chi connectivity index (χ1n) is 6.36. The van der Waals surface area contributed by atoms with Gasteiger partial charge in [0.05, 0.1) is 12.0 Å². The number of carbonyl (C=O) groups excluding carboxylic acids is 2. The summed E-state index contributed by atoms with van der Waals surface area (Å²) in [5, 5.41) is 13.2. The lowest BCUT2D eigenvalue weighted by molar-refractivity contribution is -0.117. The van der Waals surface area contributed by atoms with Crippen molar-refractivity contribution >= 4 is 23.7 Å². The molecule has 2 rings (SSSR count). The molecule has 2 aromatic heterocycles. The lowest BCUT2D eigenvalue weighted by Crippen LogP contribution is -2.40. The van der Waals surface area contributed by atoms with Crippen LogP contribution in [0.3, 0.4) is 0 Å². The van der Waals surface area contributed by atoms with E-state index in [-0.39, 0.29) is 5.75 Å². The highest BCUT2D eigenvalue weighted by molar-refractivity contribution is 7.99. The number of hydrogen-bond donors (Lipinski definition) is 2. The van der Waals surface area contributed by atoms with Crippen molar-refractivity contribution in [3.05, 3.63) is 31.1 Å². The lowest BCUT2D eigenvalue weighted by Gasteiger charge is -2.04. The van der Waals surface area contributed by atoms with Gasteiger partial charge in [0.15, 0.2) is 16.7 Å². The van der Waals surface area contributed by atoms with Crippen LogP contribution in [-0.4, -0.2) is 39.0 Å². The van der Waals surface area contributed by atoms with Crippen LogP contribution in [0.4, 0.5) is 4.79 Å². The zero-order valence-corrected chi connectivity index (χ0v) is 12.7. The molecule has 0 saturated heterocycles. The summed E-state index contributed by atoms with van der Waals surface area (Å²) in [7, 11) is 1.77. The summed E-state index contributed by atoms with van der Waals surface area (Å²) in [4.78, 5) is 22.9. The Hall–Kier alpha value is -2.55. The Kier molecular flexibility index (Phi) is 5.37. The predicted octanol–water partition coefficient (Wildman–Crippen LogP) is 1.18. The van der Waals surface area contributed by atoms with Crippen molar-refractivity contribution in [3.63, 3.8) is 0 Å². The minimum Gasteiger partial charge on any atom is -0.461 e. The highest BCUT2D eigenvalue weighted by Gasteiger charge is 2.15. The number of rotatable bonds is 6. The topological polar surface area (TPSA) is 102 Å². The molecule has 0 fully saturated rings. The molecule has 0 aromatic carbocycles. The summed E-state index contributed by atoms with van der Waals surface area (Å²) >= 11 is 1.17. The van der Waals surface area contributed by atoms with Crippen molar-refractivity contribution in [2.75, 3.05) is 12.3 Å². The van der Waals surface area contributed by atoms with E-state index in [1.165, 1.54) is 17.8 Å². The molecule has 8 nitrogen and oxygen atoms in total. The molecule has 0 aliphatic carbocycles. The first kappa shape index (κ1) is 15.8. The van der Waals surface area contributed by atoms with Gasteiger partial charge in [0.2, 0.25) is 5.91 Å². The van der Waals surface area contributed by atoms with Crippen molar-refractivity contribution in [1.29, 1.82) is 0 Å². The monoisotopic (exact) mass is 321 g/mol. The average Bonchev–Trinajstić information content (AvgIpc) is 3.12. The molecule has 2 heterocycles. The molecule has 9 heteroatoms. The third kappa shape index (κ3) is 3.98. The van der Waals surface area contributed by atoms with Crippen molar-refractivity contribution < 1.29 is 14.0 Å². The summed E-state index contributed by atoms with van der Waals surface area (Å²) in [5.41, 5.74) is 0. The van der Waals surface area contributed by atoms with Crippen LogP contribution in [0.5, 0.6) is 0 Å². The quantitative estimate of drug-likeness (QED) is 0.612. The fourth-order valence-corrected chi connectivity index (χ4v) is 2.27. The molecule has 116 valence electrons. The van der Waals surface area contributed by atoms with E-state index in [1.807, 2.05) is 0 Å². The normalized spacial score (nSPS) is 10.2. The second kappa shape index (κ2) is 7.46. The summed E-state index contributed by atoms with van der Waals surface area (Å²) in [6.07, 6.45) is 3.07. The molecule has 0 bridgehead atoms. The second-order valence-electron chi connectivity index (χ2n) is 4.18. The van der Waals surface area contributed by atoms with Gasteiger partial charge >= 0.3 is 6.03 Å². The van der Waals surface area contributed by atoms with Gasteiger partial charge in [-0.2, -0.15) is 0 Å². The number of furan rings is 1. The summed E-state index contributed by atoms with van der Waals surface area (Å²) in [5.74, 6) is 0.784. The molecule has 2 N–H and O–H groups in total. The Labute approximate surface area is 131 Å². The molecule has 0 radical (unpaired) electrons. The van der Waals surface area contributed by atoms with Gasteiger partial charge in [0, 0.05) is 13.6 Å². The van der Waals surface area contributed by atoms with Crippen molar-refractivity contribution in [3.8, 4) is 11.6 Å². The molecule has 0 aliphatic heterocycles. The van der Waals surface area contributed by atoms with Crippen LogP contribution in [0.2, 0.25) is 0 Å². The van der Waals surface area contributed by atoms with Crippen LogP contribution < -0.4 is 10.6 Å². The van der Waals surface area contributed by atoms with Gasteiger partial charge in [-0.25, -0.2) is 4.79 Å². The number of thioether (sulfide) groups is 1. The number of imide groups is 1. The van der Waals surface area contributed by atoms with E-state index < -0.39 is 11.9 Å². The smallest absolute Gasteiger partial charge is 0.321 e. The summed E-state index contributed by atoms with van der Waals surface area (Å²) in [6.45, 7) is 3.76. The van der Waals surface area contributed by atoms with Crippen molar-refractivity contribution in [1.82, 2.24) is 25.4 Å². The van der Waals surface area contributed by atoms with Crippen LogP contribution in [0.1, 0.15) is 0 Å². The molecule has 3 amide bonds. The van der Waals surface area contributed by atoms with Crippen LogP contribution >= 0.6 is 11.8 Å². The van der Waals surface area contributed by atoms with E-state index in [2.05, 4.69) is 27.4 Å². The third-order valence-corrected chi connectivity index (χ3v) is 3.59. The summed E-state index contributed by atoms with van der Waals surface area (Å²) < 4.78 is 6.97. The first-order valence-corrected chi connectivity index (χ1v) is 7.35. The number of nitrogens with zero attached hydrogens (tertiary/aromatic N) is 3. The Morgan fingerprint density at radius 1 is 1.50 bits per heavy atom. The molecular formula is C13H15N5O3S. The molecule has 2 aromatic rings. The average molecular weight is 321 g/mol. The van der Waals surface area contributed by atoms with E-state index >= 15 is 0 Å². The minimum absolute atomic E-state index is 0.0473. The van der Waals surface area contributed by atoms with Crippen LogP contribution in [0.25, 0.3) is 11.6 Å². The van der Waals surface area contributed by atoms with E-state index in [9.17, 15) is 9.59 Å². The molecule has 0 aliphatic rings. The molecule has 0 spiro atoms. The number of aromatic nitrogens is 3. The van der Waals surface area contributed by atoms with Gasteiger partial charge in [-0.1, -0.05) is 17.8 Å². The first-order chi connectivity index (χ1) is 10.6. The molecule has 0 saturated carbocycles. The van der Waals surface area contributed by atoms with Gasteiger partial charge in [-0.3, -0.25) is 10.1 Å². The number of nitrogens with one attached hydrogen (secondary N) is 2. The number of urea groups is 1. The highest BCUT2D eigenvalue weighted by atomic mass is 32.2. The third-order valence-electron chi connectivity index (χ3n) is 2.57. The SMILES string of the molecule is C=CCNC(=O)NC(=O)CSc1nnc(-c2ccco2)n1C. The maximum Gasteiger partial charge on any atom is 0.321 e. The van der Waals surface area contributed by atoms with Crippen LogP contribution in [0, 0.1) is 0 Å². The minimum atomic E-state index is -0.556. The van der Waals surface area contributed by atoms with Gasteiger partial charge in [0.25, 0.3) is 0 Å². The van der Waals surface area contributed by atoms with E-state index in [4.69, 9.17) is 4.42 Å². The Balaban J connectivity index is 1.88. The number of carbonyl (C=O) groups is 2. The summed E-state index contributed by atoms with van der Waals surface area (Å²) in [6, 6.07) is 2.97. The molecular weight excluding hydrogens is 306 g/mol. The van der Waals surface area contributed by atoms with Gasteiger partial charge in [-0.15, -0.1) is 16.8 Å². The number of hydrogen-bond acceptors (Lipinski definition) is 6. The molecule has 22 heavy (non-hydrogen) atoms. The maximum absolute atomic E-state index is 11.6. The van der Waals surface area contributed by atoms with Gasteiger partial charge in [-0.05, 0) is 12.1 Å². The second-order valence-corrected chi connectivity index (χ2v) is 5.12. The van der Waals surface area contributed by atoms with Crippen LogP contribution in [0.15, 0.2) is 40.6 Å². The zero-order chi connectivity index (χ0) is 15.9. The Morgan fingerprint density at radius 3 is 3.00 bits per heavy atom. The van der Waals surface area contributed by atoms with Gasteiger partial charge < -0.3 is 14.3 Å². The van der Waals surface area contributed by atoms with E-state index in [0.29, 0.717) is 23.3 Å². The Bertz CT molecular complexity index is 665. The van der Waals surface area contributed by atoms with Crippen molar-refractivity contribution in [2.45, 2.75) is 5.16 Å². The fraction of sp³-hybridized carbons (Fsp3) is 0.231. The van der Waals surface area contributed by atoms with E-state index in [1.54, 1.807) is 30.0 Å². The van der Waals surface area contributed by atoms with E-state index in [0.717, 1.165) is 0 Å². The maximum atomic E-state index is 11.6.